The van der Waals surface area contributed by atoms with E-state index in [4.69, 9.17) is 9.47 Å². The zero-order valence-corrected chi connectivity index (χ0v) is 15.7. The summed E-state index contributed by atoms with van der Waals surface area (Å²) in [7, 11) is 4.60. The Balaban J connectivity index is 1.82. The molecule has 0 amide bonds. The number of methoxy groups -OCH3 is 2. The van der Waals surface area contributed by atoms with Crippen molar-refractivity contribution in [3.05, 3.63) is 58.8 Å². The van der Waals surface area contributed by atoms with Crippen LogP contribution in [-0.4, -0.2) is 46.1 Å². The second kappa shape index (κ2) is 8.30. The molecule has 3 aromatic rings. The van der Waals surface area contributed by atoms with Crippen LogP contribution in [0.15, 0.2) is 47.7 Å². The molecule has 0 saturated heterocycles. The van der Waals surface area contributed by atoms with Gasteiger partial charge in [-0.15, -0.1) is 0 Å². The van der Waals surface area contributed by atoms with E-state index in [9.17, 15) is 9.59 Å². The Morgan fingerprint density at radius 1 is 1.11 bits per heavy atom. The molecule has 9 nitrogen and oxygen atoms in total. The Morgan fingerprint density at radius 3 is 2.57 bits per heavy atom. The number of aromatic nitrogens is 4. The predicted octanol–water partition coefficient (Wildman–Crippen LogP) is 1.55. The molecule has 28 heavy (non-hydrogen) atoms. The van der Waals surface area contributed by atoms with Crippen LogP contribution in [0.1, 0.15) is 10.4 Å². The standard InChI is InChI=1S/C19H19N5O4/c1-24-18(26)9-14(13-6-7-20-11-22-13)23-19(24)21-10-15(25)12-4-5-16(27-2)17(8-12)28-3/h4-9,11H,10H2,1-3H3,(H,21,23). The molecular formula is C19H19N5O4. The van der Waals surface area contributed by atoms with E-state index < -0.39 is 0 Å². The van der Waals surface area contributed by atoms with Crippen LogP contribution in [0.3, 0.4) is 0 Å². The van der Waals surface area contributed by atoms with Gasteiger partial charge in [0.25, 0.3) is 5.56 Å². The van der Waals surface area contributed by atoms with Crippen LogP contribution in [0.4, 0.5) is 5.95 Å². The minimum Gasteiger partial charge on any atom is -0.493 e. The van der Waals surface area contributed by atoms with Crippen LogP contribution in [-0.2, 0) is 7.05 Å². The molecule has 0 aliphatic rings. The number of benzene rings is 1. The first-order chi connectivity index (χ1) is 13.5. The molecule has 0 saturated carbocycles. The number of carbonyl (C=O) groups excluding carboxylic acids is 1. The highest BCUT2D eigenvalue weighted by molar-refractivity contribution is 5.99. The minimum absolute atomic E-state index is 0.0526. The number of hydrogen-bond acceptors (Lipinski definition) is 8. The molecule has 0 aliphatic carbocycles. The molecule has 0 spiro atoms. The van der Waals surface area contributed by atoms with Crippen molar-refractivity contribution < 1.29 is 14.3 Å². The number of nitrogens with zero attached hydrogens (tertiary/aromatic N) is 4. The quantitative estimate of drug-likeness (QED) is 0.614. The van der Waals surface area contributed by atoms with E-state index >= 15 is 0 Å². The van der Waals surface area contributed by atoms with E-state index in [1.165, 1.54) is 31.2 Å². The third-order valence-corrected chi connectivity index (χ3v) is 4.09. The van der Waals surface area contributed by atoms with E-state index in [-0.39, 0.29) is 23.8 Å². The maximum absolute atomic E-state index is 12.5. The van der Waals surface area contributed by atoms with E-state index in [1.54, 1.807) is 37.5 Å². The average molecular weight is 381 g/mol. The minimum atomic E-state index is -0.273. The lowest BCUT2D eigenvalue weighted by molar-refractivity contribution is 0.101. The van der Waals surface area contributed by atoms with Crippen molar-refractivity contribution in [2.75, 3.05) is 26.1 Å². The number of carbonyl (C=O) groups is 1. The summed E-state index contributed by atoms with van der Waals surface area (Å²) in [6.45, 7) is -0.0526. The summed E-state index contributed by atoms with van der Waals surface area (Å²) in [6.07, 6.45) is 2.94. The third-order valence-electron chi connectivity index (χ3n) is 4.09. The fraction of sp³-hybridized carbons (Fsp3) is 0.211. The van der Waals surface area contributed by atoms with Crippen LogP contribution >= 0.6 is 0 Å². The van der Waals surface area contributed by atoms with Crippen molar-refractivity contribution in [3.8, 4) is 22.9 Å². The molecule has 0 fully saturated rings. The first kappa shape index (κ1) is 19.0. The lowest BCUT2D eigenvalue weighted by Crippen LogP contribution is -2.24. The smallest absolute Gasteiger partial charge is 0.255 e. The van der Waals surface area contributed by atoms with Crippen LogP contribution in [0.25, 0.3) is 11.4 Å². The molecule has 2 heterocycles. The van der Waals surface area contributed by atoms with E-state index in [0.29, 0.717) is 28.5 Å². The fourth-order valence-electron chi connectivity index (χ4n) is 2.54. The van der Waals surface area contributed by atoms with E-state index in [0.717, 1.165) is 0 Å². The Morgan fingerprint density at radius 2 is 1.89 bits per heavy atom. The summed E-state index contributed by atoms with van der Waals surface area (Å²) in [5.74, 6) is 1.07. The molecule has 0 radical (unpaired) electrons. The maximum Gasteiger partial charge on any atom is 0.255 e. The number of rotatable bonds is 7. The highest BCUT2D eigenvalue weighted by Gasteiger charge is 2.13. The van der Waals surface area contributed by atoms with Crippen molar-refractivity contribution in [2.24, 2.45) is 7.05 Å². The lowest BCUT2D eigenvalue weighted by Gasteiger charge is -2.12. The van der Waals surface area contributed by atoms with E-state index in [2.05, 4.69) is 20.3 Å². The van der Waals surface area contributed by atoms with Gasteiger partial charge in [0.2, 0.25) is 5.95 Å². The SMILES string of the molecule is COc1ccc(C(=O)CNc2nc(-c3ccncn3)cc(=O)n2C)cc1OC. The van der Waals surface area contributed by atoms with Crippen LogP contribution in [0.5, 0.6) is 11.5 Å². The van der Waals surface area contributed by atoms with Gasteiger partial charge in [-0.3, -0.25) is 14.2 Å². The molecular weight excluding hydrogens is 362 g/mol. The van der Waals surface area contributed by atoms with Crippen molar-refractivity contribution in [1.82, 2.24) is 19.5 Å². The van der Waals surface area contributed by atoms with Crippen LogP contribution in [0, 0.1) is 0 Å². The Kier molecular flexibility index (Phi) is 5.64. The fourth-order valence-corrected chi connectivity index (χ4v) is 2.54. The highest BCUT2D eigenvalue weighted by atomic mass is 16.5. The summed E-state index contributed by atoms with van der Waals surface area (Å²) >= 11 is 0. The van der Waals surface area contributed by atoms with Crippen LogP contribution in [0.2, 0.25) is 0 Å². The molecule has 144 valence electrons. The first-order valence-corrected chi connectivity index (χ1v) is 8.37. The lowest BCUT2D eigenvalue weighted by atomic mass is 10.1. The van der Waals surface area contributed by atoms with Crippen LogP contribution < -0.4 is 20.3 Å². The molecule has 2 aromatic heterocycles. The van der Waals surface area contributed by atoms with Gasteiger partial charge >= 0.3 is 0 Å². The number of Topliss-reactive ketones (excluding diaryl/α,β-unsaturated/α-hetero) is 1. The predicted molar refractivity (Wildman–Crippen MR) is 103 cm³/mol. The van der Waals surface area contributed by atoms with Gasteiger partial charge in [-0.05, 0) is 24.3 Å². The Labute approximate surface area is 161 Å². The third kappa shape index (κ3) is 3.98. The zero-order valence-electron chi connectivity index (χ0n) is 15.7. The second-order valence-corrected chi connectivity index (χ2v) is 5.80. The van der Waals surface area contributed by atoms with Gasteiger partial charge in [0, 0.05) is 24.9 Å². The molecule has 0 atom stereocenters. The summed E-state index contributed by atoms with van der Waals surface area (Å²) in [5, 5.41) is 2.92. The van der Waals surface area contributed by atoms with Crippen molar-refractivity contribution in [2.45, 2.75) is 0 Å². The number of anilines is 1. The van der Waals surface area contributed by atoms with Crippen molar-refractivity contribution >= 4 is 11.7 Å². The molecule has 1 N–H and O–H groups in total. The van der Waals surface area contributed by atoms with Gasteiger partial charge in [-0.1, -0.05) is 0 Å². The Hall–Kier alpha value is -3.75. The van der Waals surface area contributed by atoms with Gasteiger partial charge < -0.3 is 14.8 Å². The van der Waals surface area contributed by atoms with Gasteiger partial charge in [-0.25, -0.2) is 15.0 Å². The average Bonchev–Trinajstić information content (AvgIpc) is 2.74. The topological polar surface area (TPSA) is 108 Å². The van der Waals surface area contributed by atoms with Crippen molar-refractivity contribution in [1.29, 1.82) is 0 Å². The summed E-state index contributed by atoms with van der Waals surface area (Å²) < 4.78 is 11.7. The summed E-state index contributed by atoms with van der Waals surface area (Å²) in [5.41, 5.74) is 1.08. The largest absolute Gasteiger partial charge is 0.493 e. The number of nitrogens with one attached hydrogen (secondary N) is 1. The number of ketones is 1. The molecule has 3 rings (SSSR count). The Bertz CT molecular complexity index is 1050. The summed E-state index contributed by atoms with van der Waals surface area (Å²) in [4.78, 5) is 37.1. The molecule has 0 aliphatic heterocycles. The van der Waals surface area contributed by atoms with Gasteiger partial charge in [0.05, 0.1) is 32.2 Å². The normalized spacial score (nSPS) is 10.4. The van der Waals surface area contributed by atoms with Gasteiger partial charge in [0.15, 0.2) is 17.3 Å². The first-order valence-electron chi connectivity index (χ1n) is 8.37. The van der Waals surface area contributed by atoms with Crippen molar-refractivity contribution in [3.63, 3.8) is 0 Å². The number of hydrogen-bond donors (Lipinski definition) is 1. The van der Waals surface area contributed by atoms with Gasteiger partial charge in [-0.2, -0.15) is 0 Å². The second-order valence-electron chi connectivity index (χ2n) is 5.80. The molecule has 0 bridgehead atoms. The zero-order chi connectivity index (χ0) is 20.1. The molecule has 1 aromatic carbocycles. The highest BCUT2D eigenvalue weighted by Crippen LogP contribution is 2.27. The monoisotopic (exact) mass is 381 g/mol. The van der Waals surface area contributed by atoms with E-state index in [1.807, 2.05) is 0 Å². The molecule has 9 heteroatoms. The summed E-state index contributed by atoms with van der Waals surface area (Å²) in [6, 6.07) is 7.95. The maximum atomic E-state index is 12.5. The molecule has 0 unspecified atom stereocenters. The van der Waals surface area contributed by atoms with Gasteiger partial charge in [0.1, 0.15) is 6.33 Å². The number of ether oxygens (including phenoxy) is 2.